The Balaban J connectivity index is 1.60. The van der Waals surface area contributed by atoms with Crippen LogP contribution >= 0.6 is 0 Å². The Morgan fingerprint density at radius 3 is 2.43 bits per heavy atom. The molecule has 0 spiro atoms. The Morgan fingerprint density at radius 2 is 1.84 bits per heavy atom. The van der Waals surface area contributed by atoms with Crippen LogP contribution in [0.1, 0.15) is 37.8 Å². The number of nitrogens with two attached hydrogens (primary N) is 1. The number of amides is 2. The molecule has 0 radical (unpaired) electrons. The third-order valence-corrected chi connectivity index (χ3v) is 6.76. The Morgan fingerprint density at radius 1 is 1.16 bits per heavy atom. The molecule has 194 valence electrons. The van der Waals surface area contributed by atoms with Gasteiger partial charge in [-0.3, -0.25) is 9.59 Å². The fraction of sp³-hybridized carbons (Fsp3) is 0.357. The molecule has 0 saturated carbocycles. The minimum absolute atomic E-state index is 0.123. The molecule has 1 aromatic heterocycles. The number of carbonyl (C=O) groups is 3. The van der Waals surface area contributed by atoms with E-state index >= 15 is 0 Å². The molecule has 9 heteroatoms. The molecule has 1 saturated heterocycles. The second-order valence-electron chi connectivity index (χ2n) is 10.1. The van der Waals surface area contributed by atoms with Crippen LogP contribution in [0.4, 0.5) is 5.82 Å². The number of rotatable bonds is 10. The lowest BCUT2D eigenvalue weighted by molar-refractivity contribution is -0.129. The van der Waals surface area contributed by atoms with E-state index in [0.717, 1.165) is 36.8 Å². The molecule has 3 aromatic rings. The summed E-state index contributed by atoms with van der Waals surface area (Å²) in [5, 5.41) is 9.03. The molecule has 4 rings (SSSR count). The summed E-state index contributed by atoms with van der Waals surface area (Å²) < 4.78 is 1.75. The fourth-order valence-electron chi connectivity index (χ4n) is 4.71. The fourth-order valence-corrected chi connectivity index (χ4v) is 4.71. The van der Waals surface area contributed by atoms with Gasteiger partial charge in [-0.1, -0.05) is 60.7 Å². The molecule has 9 nitrogen and oxygen atoms in total. The molecule has 3 atom stereocenters. The molecule has 0 aliphatic carbocycles. The summed E-state index contributed by atoms with van der Waals surface area (Å²) in [6.07, 6.45) is 6.24. The molecule has 37 heavy (non-hydrogen) atoms. The lowest BCUT2D eigenvalue weighted by Crippen LogP contribution is -2.55. The van der Waals surface area contributed by atoms with Crippen LogP contribution in [0.3, 0.4) is 0 Å². The van der Waals surface area contributed by atoms with Crippen molar-refractivity contribution in [1.82, 2.24) is 20.2 Å². The number of imidazole rings is 1. The van der Waals surface area contributed by atoms with Gasteiger partial charge in [0.1, 0.15) is 11.6 Å². The Kier molecular flexibility index (Phi) is 7.85. The lowest BCUT2D eigenvalue weighted by atomic mass is 9.82. The SMILES string of the molecule is CC(C)(N)C(=O)N[C@H](Cc1ccccc1)C(=O)Nc1cn(C(C=O)(c2ccccc2)C2CCCN2)cn1. The van der Waals surface area contributed by atoms with Gasteiger partial charge in [-0.25, -0.2) is 4.98 Å². The van der Waals surface area contributed by atoms with Crippen molar-refractivity contribution >= 4 is 23.9 Å². The van der Waals surface area contributed by atoms with Gasteiger partial charge in [0, 0.05) is 18.7 Å². The zero-order chi connectivity index (χ0) is 26.5. The summed E-state index contributed by atoms with van der Waals surface area (Å²) in [6, 6.07) is 18.0. The Bertz CT molecular complexity index is 1220. The minimum Gasteiger partial charge on any atom is -0.342 e. The van der Waals surface area contributed by atoms with Crippen LogP contribution in [0.2, 0.25) is 0 Å². The highest BCUT2D eigenvalue weighted by molar-refractivity contribution is 5.98. The number of hydrogen-bond donors (Lipinski definition) is 4. The molecule has 2 heterocycles. The van der Waals surface area contributed by atoms with Gasteiger partial charge in [-0.2, -0.15) is 0 Å². The molecule has 2 aromatic carbocycles. The first kappa shape index (κ1) is 26.2. The van der Waals surface area contributed by atoms with Crippen LogP contribution in [0.25, 0.3) is 0 Å². The number of hydrogen-bond acceptors (Lipinski definition) is 6. The van der Waals surface area contributed by atoms with Crippen molar-refractivity contribution < 1.29 is 14.4 Å². The van der Waals surface area contributed by atoms with Crippen LogP contribution in [-0.4, -0.2) is 51.8 Å². The van der Waals surface area contributed by atoms with E-state index in [0.29, 0.717) is 0 Å². The third-order valence-electron chi connectivity index (χ3n) is 6.76. The van der Waals surface area contributed by atoms with E-state index < -0.39 is 28.9 Å². The molecule has 2 amide bonds. The number of nitrogens with one attached hydrogen (secondary N) is 3. The van der Waals surface area contributed by atoms with Crippen molar-refractivity contribution in [1.29, 1.82) is 0 Å². The van der Waals surface area contributed by atoms with E-state index in [-0.39, 0.29) is 18.3 Å². The first-order valence-electron chi connectivity index (χ1n) is 12.5. The summed E-state index contributed by atoms with van der Waals surface area (Å²) in [4.78, 5) is 43.1. The highest BCUT2D eigenvalue weighted by Gasteiger charge is 2.43. The molecular formula is C28H34N6O3. The lowest BCUT2D eigenvalue weighted by Gasteiger charge is -2.36. The van der Waals surface area contributed by atoms with Crippen LogP contribution in [-0.2, 0) is 26.3 Å². The maximum absolute atomic E-state index is 13.3. The second-order valence-corrected chi connectivity index (χ2v) is 10.1. The highest BCUT2D eigenvalue weighted by Crippen LogP contribution is 2.33. The first-order valence-corrected chi connectivity index (χ1v) is 12.5. The van der Waals surface area contributed by atoms with Crippen molar-refractivity contribution in [2.75, 3.05) is 11.9 Å². The molecular weight excluding hydrogens is 468 g/mol. The van der Waals surface area contributed by atoms with Crippen LogP contribution in [0, 0.1) is 0 Å². The third kappa shape index (κ3) is 5.79. The van der Waals surface area contributed by atoms with Gasteiger partial charge in [-0.15, -0.1) is 0 Å². The van der Waals surface area contributed by atoms with Gasteiger partial charge in [0.25, 0.3) is 0 Å². The molecule has 5 N–H and O–H groups in total. The van der Waals surface area contributed by atoms with Crippen LogP contribution < -0.4 is 21.7 Å². The van der Waals surface area contributed by atoms with E-state index in [1.165, 1.54) is 0 Å². The molecule has 1 fully saturated rings. The van der Waals surface area contributed by atoms with Crippen molar-refractivity contribution in [2.45, 2.75) is 56.3 Å². The monoisotopic (exact) mass is 502 g/mol. The number of carbonyl (C=O) groups excluding carboxylic acids is 3. The van der Waals surface area contributed by atoms with Gasteiger partial charge < -0.3 is 31.0 Å². The molecule has 2 unspecified atom stereocenters. The topological polar surface area (TPSA) is 131 Å². The Labute approximate surface area is 216 Å². The minimum atomic E-state index is -1.15. The van der Waals surface area contributed by atoms with Crippen molar-refractivity contribution in [2.24, 2.45) is 5.73 Å². The maximum atomic E-state index is 13.3. The summed E-state index contributed by atoms with van der Waals surface area (Å²) in [5.41, 5.74) is 5.51. The zero-order valence-electron chi connectivity index (χ0n) is 21.2. The number of benzene rings is 2. The normalized spacial score (nSPS) is 18.0. The summed E-state index contributed by atoms with van der Waals surface area (Å²) in [5.74, 6) is -0.586. The number of nitrogens with zero attached hydrogens (tertiary/aromatic N) is 2. The van der Waals surface area contributed by atoms with Crippen molar-refractivity contribution in [3.63, 3.8) is 0 Å². The van der Waals surface area contributed by atoms with Gasteiger partial charge in [0.2, 0.25) is 11.8 Å². The van der Waals surface area contributed by atoms with Gasteiger partial charge in [-0.05, 0) is 44.4 Å². The van der Waals surface area contributed by atoms with E-state index in [4.69, 9.17) is 5.73 Å². The summed E-state index contributed by atoms with van der Waals surface area (Å²) in [6.45, 7) is 3.99. The standard InChI is InChI=1S/C28H34N6O3/c1-27(2,29)26(37)32-22(16-20-10-5-3-6-11-20)25(36)33-24-17-34(19-31-24)28(18-35,23-14-9-15-30-23)21-12-7-4-8-13-21/h3-8,10-13,17-19,22-23,30H,9,14-16,29H2,1-2H3,(H,32,37)(H,33,36)/t22-,23?,28?/m1/s1. The van der Waals surface area contributed by atoms with Gasteiger partial charge >= 0.3 is 0 Å². The van der Waals surface area contributed by atoms with E-state index in [2.05, 4.69) is 20.9 Å². The molecule has 1 aliphatic heterocycles. The first-order chi connectivity index (χ1) is 17.7. The summed E-state index contributed by atoms with van der Waals surface area (Å²) in [7, 11) is 0. The average molecular weight is 503 g/mol. The predicted molar refractivity (Wildman–Crippen MR) is 142 cm³/mol. The maximum Gasteiger partial charge on any atom is 0.248 e. The molecule has 1 aliphatic rings. The van der Waals surface area contributed by atoms with E-state index in [1.807, 2.05) is 60.7 Å². The smallest absolute Gasteiger partial charge is 0.248 e. The quantitative estimate of drug-likeness (QED) is 0.314. The van der Waals surface area contributed by atoms with Gasteiger partial charge in [0.05, 0.1) is 11.9 Å². The molecule has 0 bridgehead atoms. The van der Waals surface area contributed by atoms with Crippen LogP contribution in [0.15, 0.2) is 73.2 Å². The zero-order valence-corrected chi connectivity index (χ0v) is 21.2. The van der Waals surface area contributed by atoms with E-state index in [1.54, 1.807) is 30.9 Å². The highest BCUT2D eigenvalue weighted by atomic mass is 16.2. The van der Waals surface area contributed by atoms with Crippen molar-refractivity contribution in [3.05, 3.63) is 84.3 Å². The van der Waals surface area contributed by atoms with Crippen molar-refractivity contribution in [3.8, 4) is 0 Å². The second kappa shape index (κ2) is 11.1. The average Bonchev–Trinajstić information content (AvgIpc) is 3.59. The largest absolute Gasteiger partial charge is 0.342 e. The van der Waals surface area contributed by atoms with E-state index in [9.17, 15) is 14.4 Å². The number of aldehydes is 1. The number of aromatic nitrogens is 2. The summed E-state index contributed by atoms with van der Waals surface area (Å²) >= 11 is 0. The van der Waals surface area contributed by atoms with Gasteiger partial charge in [0.15, 0.2) is 12.1 Å². The Hall–Kier alpha value is -3.82. The number of anilines is 1. The van der Waals surface area contributed by atoms with Crippen LogP contribution in [0.5, 0.6) is 0 Å². The predicted octanol–water partition coefficient (Wildman–Crippen LogP) is 1.98.